The summed E-state index contributed by atoms with van der Waals surface area (Å²) in [7, 11) is 0. The Morgan fingerprint density at radius 3 is 2.61 bits per heavy atom. The predicted octanol–water partition coefficient (Wildman–Crippen LogP) is 3.68. The van der Waals surface area contributed by atoms with Gasteiger partial charge in [0.05, 0.1) is 11.9 Å². The van der Waals surface area contributed by atoms with E-state index in [2.05, 4.69) is 13.8 Å². The van der Waals surface area contributed by atoms with Crippen LogP contribution in [0, 0.1) is 34.5 Å². The van der Waals surface area contributed by atoms with Crippen LogP contribution in [0.15, 0.2) is 23.8 Å². The third-order valence-electron chi connectivity index (χ3n) is 9.59. The fourth-order valence-electron chi connectivity index (χ4n) is 8.13. The van der Waals surface area contributed by atoms with E-state index in [1.807, 2.05) is 13.0 Å². The molecule has 1 N–H and O–H groups in total. The number of hydrogen-bond donors (Lipinski definition) is 1. The number of thioether (sulfide) groups is 1. The number of carbonyl (C=O) groups is 4. The summed E-state index contributed by atoms with van der Waals surface area (Å²) in [5.74, 6) is -1.11. The summed E-state index contributed by atoms with van der Waals surface area (Å²) in [5, 5.41) is 11.7. The van der Waals surface area contributed by atoms with Crippen molar-refractivity contribution in [2.24, 2.45) is 34.5 Å². The Bertz CT molecular complexity index is 1020. The molecule has 198 valence electrons. The second kappa shape index (κ2) is 9.75. The molecule has 0 aromatic rings. The van der Waals surface area contributed by atoms with Gasteiger partial charge in [0.1, 0.15) is 0 Å². The van der Waals surface area contributed by atoms with E-state index in [9.17, 15) is 24.3 Å². The first-order chi connectivity index (χ1) is 16.9. The second-order valence-corrected chi connectivity index (χ2v) is 12.3. The van der Waals surface area contributed by atoms with Crippen molar-refractivity contribution in [2.75, 3.05) is 18.6 Å². The first-order valence-electron chi connectivity index (χ1n) is 13.0. The highest BCUT2D eigenvalue weighted by Crippen LogP contribution is 2.68. The molecular weight excluding hydrogens is 480 g/mol. The zero-order valence-electron chi connectivity index (χ0n) is 21.9. The molecular formula is C28H38O7S. The van der Waals surface area contributed by atoms with E-state index in [0.717, 1.165) is 12.0 Å². The maximum Gasteiger partial charge on any atom is 0.316 e. The van der Waals surface area contributed by atoms with Gasteiger partial charge < -0.3 is 14.6 Å². The van der Waals surface area contributed by atoms with E-state index in [-0.39, 0.29) is 48.0 Å². The number of aliphatic hydroxyl groups is 1. The van der Waals surface area contributed by atoms with Gasteiger partial charge >= 0.3 is 11.9 Å². The highest BCUT2D eigenvalue weighted by Gasteiger charge is 2.70. The minimum atomic E-state index is -1.46. The van der Waals surface area contributed by atoms with E-state index in [1.165, 1.54) is 11.8 Å². The minimum Gasteiger partial charge on any atom is -0.457 e. The molecule has 3 saturated carbocycles. The van der Waals surface area contributed by atoms with Gasteiger partial charge in [0.2, 0.25) is 5.78 Å². The molecule has 0 bridgehead atoms. The van der Waals surface area contributed by atoms with Gasteiger partial charge in [0.15, 0.2) is 18.0 Å². The summed E-state index contributed by atoms with van der Waals surface area (Å²) in [6.45, 7) is 7.41. The van der Waals surface area contributed by atoms with Crippen LogP contribution in [0.1, 0.15) is 59.8 Å². The van der Waals surface area contributed by atoms with Crippen molar-refractivity contribution >= 4 is 35.3 Å². The smallest absolute Gasteiger partial charge is 0.316 e. The van der Waals surface area contributed by atoms with Crippen LogP contribution in [0.5, 0.6) is 0 Å². The molecule has 3 fully saturated rings. The summed E-state index contributed by atoms with van der Waals surface area (Å²) in [4.78, 5) is 50.5. The van der Waals surface area contributed by atoms with Crippen molar-refractivity contribution in [3.63, 3.8) is 0 Å². The lowest BCUT2D eigenvalue weighted by Crippen LogP contribution is -2.63. The van der Waals surface area contributed by atoms with Crippen LogP contribution in [0.4, 0.5) is 0 Å². The quantitative estimate of drug-likeness (QED) is 0.509. The Hall–Kier alpha value is -1.93. The summed E-state index contributed by atoms with van der Waals surface area (Å²) in [6, 6.07) is 0. The molecule has 8 atom stereocenters. The maximum absolute atomic E-state index is 13.7. The molecule has 2 unspecified atom stereocenters. The molecule has 0 aromatic heterocycles. The lowest BCUT2D eigenvalue weighted by atomic mass is 9.44. The zero-order valence-corrected chi connectivity index (χ0v) is 22.7. The van der Waals surface area contributed by atoms with Gasteiger partial charge in [-0.3, -0.25) is 19.2 Å². The molecule has 0 aliphatic heterocycles. The molecule has 0 aromatic carbocycles. The largest absolute Gasteiger partial charge is 0.457 e. The van der Waals surface area contributed by atoms with E-state index >= 15 is 0 Å². The molecule has 0 amide bonds. The second-order valence-electron chi connectivity index (χ2n) is 11.5. The van der Waals surface area contributed by atoms with Crippen LogP contribution in [0.2, 0.25) is 0 Å². The Balaban J connectivity index is 1.73. The number of aliphatic hydroxyl groups excluding tert-OH is 1. The fraction of sp³-hybridized carbons (Fsp3) is 0.714. The van der Waals surface area contributed by atoms with Crippen LogP contribution in [0.25, 0.3) is 0 Å². The van der Waals surface area contributed by atoms with E-state index < -0.39 is 46.9 Å². The summed E-state index contributed by atoms with van der Waals surface area (Å²) >= 11 is 1.32. The molecule has 7 nitrogen and oxygen atoms in total. The van der Waals surface area contributed by atoms with Crippen molar-refractivity contribution in [2.45, 2.75) is 71.5 Å². The van der Waals surface area contributed by atoms with Crippen molar-refractivity contribution in [1.82, 2.24) is 0 Å². The third-order valence-corrected chi connectivity index (χ3v) is 10.1. The van der Waals surface area contributed by atoms with Gasteiger partial charge in [-0.05, 0) is 61.8 Å². The average molecular weight is 519 g/mol. The first kappa shape index (κ1) is 27.1. The molecule has 0 radical (unpaired) electrons. The van der Waals surface area contributed by atoms with Crippen molar-refractivity contribution in [1.29, 1.82) is 0 Å². The van der Waals surface area contributed by atoms with Gasteiger partial charge in [0, 0.05) is 23.2 Å². The average Bonchev–Trinajstić information content (AvgIpc) is 3.10. The normalized spacial score (nSPS) is 41.0. The highest BCUT2D eigenvalue weighted by molar-refractivity contribution is 7.99. The summed E-state index contributed by atoms with van der Waals surface area (Å²) < 4.78 is 11.3. The lowest BCUT2D eigenvalue weighted by molar-refractivity contribution is -0.200. The Labute approximate surface area is 217 Å². The number of rotatable bonds is 7. The number of fused-ring (bicyclic) bond motifs is 5. The maximum atomic E-state index is 13.7. The van der Waals surface area contributed by atoms with Gasteiger partial charge in [-0.1, -0.05) is 39.3 Å². The van der Waals surface area contributed by atoms with Crippen LogP contribution in [-0.2, 0) is 28.7 Å². The van der Waals surface area contributed by atoms with Gasteiger partial charge in [-0.25, -0.2) is 0 Å². The number of ketones is 2. The molecule has 36 heavy (non-hydrogen) atoms. The standard InChI is InChI=1S/C28H38O7S/c1-6-23(32)34-14-22(31)28(35-24(33)15-36-5)10-8-19-18-11-16(2)20-12-17(29)7-9-26(20,3)25(18)21(30)13-27(19,28)4/h7,9,12,16,18-19,21,25,30H,6,8,10-11,13-15H2,1-5H3/t16?,18-,19-,21?,25+,26-,27-,28-/m0/s1. The SMILES string of the molecule is CCC(=O)OCC(=O)[C@@]1(OC(=O)CSC)CC[C@H]2[C@@H]3CC(C)C4=CC(=O)C=C[C@]4(C)[C@H]3C(O)C[C@@]21C. The molecule has 4 rings (SSSR count). The number of Topliss-reactive ketones (excluding diaryl/α,β-unsaturated/α-hetero) is 1. The topological polar surface area (TPSA) is 107 Å². The predicted molar refractivity (Wildman–Crippen MR) is 136 cm³/mol. The van der Waals surface area contributed by atoms with Gasteiger partial charge in [-0.15, -0.1) is 0 Å². The molecule has 0 saturated heterocycles. The first-order valence-corrected chi connectivity index (χ1v) is 14.4. The van der Waals surface area contributed by atoms with Crippen LogP contribution < -0.4 is 0 Å². The Kier molecular flexibility index (Phi) is 7.34. The van der Waals surface area contributed by atoms with E-state index in [1.54, 1.807) is 25.3 Å². The molecule has 0 spiro atoms. The zero-order chi connectivity index (χ0) is 26.5. The molecule has 8 heteroatoms. The monoisotopic (exact) mass is 518 g/mol. The third kappa shape index (κ3) is 4.08. The van der Waals surface area contributed by atoms with E-state index in [0.29, 0.717) is 12.8 Å². The van der Waals surface area contributed by atoms with Crippen molar-refractivity contribution in [3.05, 3.63) is 23.8 Å². The van der Waals surface area contributed by atoms with Crippen molar-refractivity contribution < 1.29 is 33.8 Å². The number of esters is 2. The lowest BCUT2D eigenvalue weighted by Gasteiger charge is -2.61. The number of carbonyl (C=O) groups excluding carboxylic acids is 4. The summed E-state index contributed by atoms with van der Waals surface area (Å²) in [6.07, 6.45) is 8.59. The summed E-state index contributed by atoms with van der Waals surface area (Å²) in [5.41, 5.74) is -1.64. The number of ether oxygens (including phenoxy) is 2. The molecule has 4 aliphatic rings. The van der Waals surface area contributed by atoms with Crippen molar-refractivity contribution in [3.8, 4) is 0 Å². The Morgan fingerprint density at radius 1 is 1.22 bits per heavy atom. The van der Waals surface area contributed by atoms with Gasteiger partial charge in [-0.2, -0.15) is 11.8 Å². The molecule has 4 aliphatic carbocycles. The highest BCUT2D eigenvalue weighted by atomic mass is 32.2. The molecule has 0 heterocycles. The van der Waals surface area contributed by atoms with Crippen LogP contribution >= 0.6 is 11.8 Å². The van der Waals surface area contributed by atoms with E-state index in [4.69, 9.17) is 9.47 Å². The number of hydrogen-bond acceptors (Lipinski definition) is 8. The minimum absolute atomic E-state index is 0.0178. The fourth-order valence-corrected chi connectivity index (χ4v) is 8.42. The Morgan fingerprint density at radius 2 is 1.94 bits per heavy atom. The van der Waals surface area contributed by atoms with Crippen LogP contribution in [0.3, 0.4) is 0 Å². The number of allylic oxidation sites excluding steroid dienone is 4. The van der Waals surface area contributed by atoms with Crippen LogP contribution in [-0.4, -0.2) is 58.9 Å². The van der Waals surface area contributed by atoms with Gasteiger partial charge in [0.25, 0.3) is 0 Å².